The number of halogens is 1. The van der Waals surface area contributed by atoms with Crippen LogP contribution >= 0.6 is 11.6 Å². The number of alkyl halides is 1. The van der Waals surface area contributed by atoms with E-state index in [1.54, 1.807) is 0 Å². The molecule has 0 radical (unpaired) electrons. The Kier molecular flexibility index (Phi) is 3.67. The van der Waals surface area contributed by atoms with Crippen LogP contribution in [0.1, 0.15) is 31.9 Å². The maximum atomic E-state index is 12.3. The lowest BCUT2D eigenvalue weighted by Gasteiger charge is -2.30. The summed E-state index contributed by atoms with van der Waals surface area (Å²) in [5.74, 6) is 0.167. The molecule has 1 unspecified atom stereocenters. The average Bonchev–Trinajstić information content (AvgIpc) is 2.71. The van der Waals surface area contributed by atoms with Crippen LogP contribution in [-0.2, 0) is 17.6 Å². The Morgan fingerprint density at radius 2 is 1.83 bits per heavy atom. The van der Waals surface area contributed by atoms with Crippen molar-refractivity contribution in [3.63, 3.8) is 0 Å². The number of hydrogen-bond donors (Lipinski definition) is 1. The predicted molar refractivity (Wildman–Crippen MR) is 74.9 cm³/mol. The first-order valence-corrected chi connectivity index (χ1v) is 6.86. The Bertz CT molecular complexity index is 429. The van der Waals surface area contributed by atoms with Crippen LogP contribution in [0.15, 0.2) is 24.3 Å². The van der Waals surface area contributed by atoms with Crippen LogP contribution in [-0.4, -0.2) is 16.8 Å². The van der Waals surface area contributed by atoms with Crippen molar-refractivity contribution in [3.05, 3.63) is 35.4 Å². The zero-order valence-corrected chi connectivity index (χ0v) is 11.9. The van der Waals surface area contributed by atoms with E-state index in [4.69, 9.17) is 11.6 Å². The van der Waals surface area contributed by atoms with E-state index in [2.05, 4.69) is 17.4 Å². The Balaban J connectivity index is 2.02. The van der Waals surface area contributed by atoms with Gasteiger partial charge in [0.15, 0.2) is 0 Å². The third kappa shape index (κ3) is 2.69. The second-order valence-electron chi connectivity index (χ2n) is 5.70. The highest BCUT2D eigenvalue weighted by Gasteiger charge is 2.32. The number of rotatable bonds is 3. The van der Waals surface area contributed by atoms with Crippen LogP contribution in [0.3, 0.4) is 0 Å². The smallest absolute Gasteiger partial charge is 0.224 e. The molecule has 2 nitrogen and oxygen atoms in total. The molecule has 0 saturated carbocycles. The molecule has 1 atom stereocenters. The summed E-state index contributed by atoms with van der Waals surface area (Å²) in [6.07, 6.45) is 1.68. The number of benzene rings is 1. The van der Waals surface area contributed by atoms with Gasteiger partial charge in [-0.15, -0.1) is 11.6 Å². The Morgan fingerprint density at radius 1 is 1.33 bits per heavy atom. The maximum absolute atomic E-state index is 12.3. The SMILES string of the molecule is CC(Cl)C(C)(C)NC(=O)C1Cc2ccccc2C1. The lowest BCUT2D eigenvalue weighted by atomic mass is 9.98. The van der Waals surface area contributed by atoms with E-state index in [0.717, 1.165) is 12.8 Å². The van der Waals surface area contributed by atoms with Crippen molar-refractivity contribution in [2.75, 3.05) is 0 Å². The molecule has 1 aromatic carbocycles. The van der Waals surface area contributed by atoms with Gasteiger partial charge in [-0.05, 0) is 44.7 Å². The highest BCUT2D eigenvalue weighted by molar-refractivity contribution is 6.21. The summed E-state index contributed by atoms with van der Waals surface area (Å²) in [4.78, 5) is 12.3. The number of nitrogens with one attached hydrogen (secondary N) is 1. The van der Waals surface area contributed by atoms with E-state index < -0.39 is 0 Å². The number of carbonyl (C=O) groups is 1. The second-order valence-corrected chi connectivity index (χ2v) is 6.36. The van der Waals surface area contributed by atoms with E-state index in [1.807, 2.05) is 32.9 Å². The largest absolute Gasteiger partial charge is 0.349 e. The van der Waals surface area contributed by atoms with Gasteiger partial charge in [-0.25, -0.2) is 0 Å². The van der Waals surface area contributed by atoms with Crippen molar-refractivity contribution < 1.29 is 4.79 Å². The monoisotopic (exact) mass is 265 g/mol. The number of fused-ring (bicyclic) bond motifs is 1. The van der Waals surface area contributed by atoms with Gasteiger partial charge < -0.3 is 5.32 Å². The Labute approximate surface area is 114 Å². The lowest BCUT2D eigenvalue weighted by Crippen LogP contribution is -2.51. The van der Waals surface area contributed by atoms with Gasteiger partial charge >= 0.3 is 0 Å². The van der Waals surface area contributed by atoms with Gasteiger partial charge in [0.25, 0.3) is 0 Å². The van der Waals surface area contributed by atoms with E-state index in [-0.39, 0.29) is 22.7 Å². The zero-order chi connectivity index (χ0) is 13.3. The molecule has 1 amide bonds. The predicted octanol–water partition coefficient (Wildman–Crippen LogP) is 2.92. The molecule has 98 valence electrons. The van der Waals surface area contributed by atoms with Crippen molar-refractivity contribution in [3.8, 4) is 0 Å². The van der Waals surface area contributed by atoms with Crippen molar-refractivity contribution >= 4 is 17.5 Å². The first-order chi connectivity index (χ1) is 8.40. The van der Waals surface area contributed by atoms with Gasteiger partial charge in [-0.1, -0.05) is 24.3 Å². The van der Waals surface area contributed by atoms with Gasteiger partial charge in [0.05, 0.1) is 10.9 Å². The molecule has 0 bridgehead atoms. The van der Waals surface area contributed by atoms with Crippen LogP contribution in [0.25, 0.3) is 0 Å². The highest BCUT2D eigenvalue weighted by Crippen LogP contribution is 2.27. The molecule has 0 spiro atoms. The van der Waals surface area contributed by atoms with Gasteiger partial charge in [0.1, 0.15) is 0 Å². The molecular weight excluding hydrogens is 246 g/mol. The molecule has 0 heterocycles. The summed E-state index contributed by atoms with van der Waals surface area (Å²) in [6, 6.07) is 8.28. The van der Waals surface area contributed by atoms with Crippen LogP contribution in [0.5, 0.6) is 0 Å². The quantitative estimate of drug-likeness (QED) is 0.837. The van der Waals surface area contributed by atoms with Gasteiger partial charge in [0.2, 0.25) is 5.91 Å². The minimum absolute atomic E-state index is 0.0529. The molecule has 2 rings (SSSR count). The minimum Gasteiger partial charge on any atom is -0.349 e. The molecule has 0 fully saturated rings. The van der Waals surface area contributed by atoms with Crippen molar-refractivity contribution in [1.29, 1.82) is 0 Å². The fraction of sp³-hybridized carbons (Fsp3) is 0.533. The molecule has 3 heteroatoms. The molecule has 1 aliphatic carbocycles. The molecule has 0 aromatic heterocycles. The first-order valence-electron chi connectivity index (χ1n) is 6.43. The number of amides is 1. The van der Waals surface area contributed by atoms with Crippen LogP contribution < -0.4 is 5.32 Å². The van der Waals surface area contributed by atoms with Crippen molar-refractivity contribution in [1.82, 2.24) is 5.32 Å². The molecule has 1 aromatic rings. The second kappa shape index (κ2) is 4.93. The van der Waals surface area contributed by atoms with E-state index in [9.17, 15) is 4.79 Å². The summed E-state index contributed by atoms with van der Waals surface area (Å²) in [5, 5.41) is 2.97. The Morgan fingerprint density at radius 3 is 2.28 bits per heavy atom. The highest BCUT2D eigenvalue weighted by atomic mass is 35.5. The summed E-state index contributed by atoms with van der Waals surface area (Å²) < 4.78 is 0. The van der Waals surface area contributed by atoms with Gasteiger partial charge in [0, 0.05) is 5.92 Å². The molecule has 0 aliphatic heterocycles. The standard InChI is InChI=1S/C15H20ClNO/c1-10(16)15(2,3)17-14(18)13-8-11-6-4-5-7-12(11)9-13/h4-7,10,13H,8-9H2,1-3H3,(H,17,18). The van der Waals surface area contributed by atoms with E-state index >= 15 is 0 Å². The van der Waals surface area contributed by atoms with Crippen LogP contribution in [0, 0.1) is 5.92 Å². The number of hydrogen-bond acceptors (Lipinski definition) is 1. The molecule has 18 heavy (non-hydrogen) atoms. The molecule has 1 N–H and O–H groups in total. The van der Waals surface area contributed by atoms with Crippen LogP contribution in [0.4, 0.5) is 0 Å². The minimum atomic E-state index is -0.368. The van der Waals surface area contributed by atoms with Crippen molar-refractivity contribution in [2.45, 2.75) is 44.5 Å². The first kappa shape index (κ1) is 13.4. The van der Waals surface area contributed by atoms with Gasteiger partial charge in [-0.2, -0.15) is 0 Å². The zero-order valence-electron chi connectivity index (χ0n) is 11.2. The summed E-state index contributed by atoms with van der Waals surface area (Å²) in [6.45, 7) is 5.83. The van der Waals surface area contributed by atoms with Crippen molar-refractivity contribution in [2.24, 2.45) is 5.92 Å². The third-order valence-electron chi connectivity index (χ3n) is 3.86. The summed E-state index contributed by atoms with van der Waals surface area (Å²) >= 11 is 6.09. The average molecular weight is 266 g/mol. The van der Waals surface area contributed by atoms with E-state index in [1.165, 1.54) is 11.1 Å². The van der Waals surface area contributed by atoms with Crippen LogP contribution in [0.2, 0.25) is 0 Å². The summed E-state index contributed by atoms with van der Waals surface area (Å²) in [7, 11) is 0. The van der Waals surface area contributed by atoms with E-state index in [0.29, 0.717) is 0 Å². The normalized spacial score (nSPS) is 17.3. The maximum Gasteiger partial charge on any atom is 0.224 e. The third-order valence-corrected chi connectivity index (χ3v) is 4.41. The summed E-state index contributed by atoms with van der Waals surface area (Å²) in [5.41, 5.74) is 2.23. The number of carbonyl (C=O) groups excluding carboxylic acids is 1. The Hall–Kier alpha value is -1.02. The molecule has 1 aliphatic rings. The molecule has 0 saturated heterocycles. The van der Waals surface area contributed by atoms with Gasteiger partial charge in [-0.3, -0.25) is 4.79 Å². The fourth-order valence-corrected chi connectivity index (χ4v) is 2.32. The topological polar surface area (TPSA) is 29.1 Å². The fourth-order valence-electron chi connectivity index (χ4n) is 2.26. The molecular formula is C15H20ClNO. The lowest BCUT2D eigenvalue weighted by molar-refractivity contribution is -0.126.